The number of carbonyl (C=O) groups excluding carboxylic acids is 1. The van der Waals surface area contributed by atoms with Crippen LogP contribution in [0.5, 0.6) is 0 Å². The number of aromatic nitrogens is 4. The highest BCUT2D eigenvalue weighted by atomic mass is 35.5. The van der Waals surface area contributed by atoms with Crippen LogP contribution in [0.15, 0.2) is 33.9 Å². The molecule has 0 bridgehead atoms. The van der Waals surface area contributed by atoms with E-state index in [0.717, 1.165) is 5.56 Å². The summed E-state index contributed by atoms with van der Waals surface area (Å²) in [6.07, 6.45) is 0. The fourth-order valence-electron chi connectivity index (χ4n) is 3.74. The molecule has 0 saturated carbocycles. The largest absolute Gasteiger partial charge is 0.468 e. The van der Waals surface area contributed by atoms with Crippen LogP contribution in [0.1, 0.15) is 5.56 Å². The minimum absolute atomic E-state index is 0.236. The van der Waals surface area contributed by atoms with Gasteiger partial charge in [0.1, 0.15) is 0 Å². The fraction of sp³-hybridized carbons (Fsp3) is 0.400. The van der Waals surface area contributed by atoms with Gasteiger partial charge in [-0.05, 0) is 17.7 Å². The number of piperazine rings is 1. The van der Waals surface area contributed by atoms with Gasteiger partial charge in [0.15, 0.2) is 11.2 Å². The molecule has 0 spiro atoms. The predicted octanol–water partition coefficient (Wildman–Crippen LogP) is 0.420. The Morgan fingerprint density at radius 1 is 1.16 bits per heavy atom. The number of hydrogen-bond acceptors (Lipinski definition) is 7. The van der Waals surface area contributed by atoms with Gasteiger partial charge in [-0.3, -0.25) is 28.6 Å². The molecule has 0 radical (unpaired) electrons. The molecule has 1 aliphatic rings. The number of nitrogens with one attached hydrogen (secondary N) is 1. The zero-order valence-electron chi connectivity index (χ0n) is 17.3. The minimum atomic E-state index is -0.511. The SMILES string of the molecule is COC(=O)CN1CCN(c2nc3c(c(=O)[nH]c(=O)n3C)n2Cc2ccc(Cl)cc2)CC1. The van der Waals surface area contributed by atoms with Gasteiger partial charge in [0.2, 0.25) is 5.95 Å². The first-order valence-electron chi connectivity index (χ1n) is 9.85. The molecular weight excluding hydrogens is 424 g/mol. The summed E-state index contributed by atoms with van der Waals surface area (Å²) < 4.78 is 7.91. The number of aryl methyl sites for hydroxylation is 1. The van der Waals surface area contributed by atoms with Crippen molar-refractivity contribution in [2.24, 2.45) is 7.05 Å². The van der Waals surface area contributed by atoms with Gasteiger partial charge in [-0.1, -0.05) is 23.7 Å². The van der Waals surface area contributed by atoms with Crippen molar-refractivity contribution in [1.82, 2.24) is 24.0 Å². The first-order chi connectivity index (χ1) is 14.9. The van der Waals surface area contributed by atoms with Gasteiger partial charge < -0.3 is 9.64 Å². The summed E-state index contributed by atoms with van der Waals surface area (Å²) in [5.74, 6) is 0.333. The van der Waals surface area contributed by atoms with Crippen LogP contribution in [-0.2, 0) is 23.1 Å². The number of H-pyrrole nitrogens is 1. The lowest BCUT2D eigenvalue weighted by atomic mass is 10.2. The number of halogens is 1. The number of carbonyl (C=O) groups is 1. The van der Waals surface area contributed by atoms with Crippen molar-refractivity contribution in [3.63, 3.8) is 0 Å². The predicted molar refractivity (Wildman–Crippen MR) is 117 cm³/mol. The fourth-order valence-corrected chi connectivity index (χ4v) is 3.87. The molecule has 1 aromatic carbocycles. The lowest BCUT2D eigenvalue weighted by molar-refractivity contribution is -0.142. The average Bonchev–Trinajstić information content (AvgIpc) is 3.14. The van der Waals surface area contributed by atoms with Gasteiger partial charge >= 0.3 is 11.7 Å². The van der Waals surface area contributed by atoms with E-state index in [2.05, 4.69) is 14.9 Å². The third-order valence-corrected chi connectivity index (χ3v) is 5.73. The number of fused-ring (bicyclic) bond motifs is 1. The molecular formula is C20H23ClN6O4. The van der Waals surface area contributed by atoms with Gasteiger partial charge in [-0.25, -0.2) is 4.79 Å². The van der Waals surface area contributed by atoms with Crippen molar-refractivity contribution in [3.8, 4) is 0 Å². The molecule has 3 aromatic rings. The molecule has 1 fully saturated rings. The molecule has 0 unspecified atom stereocenters. The summed E-state index contributed by atoms with van der Waals surface area (Å²) in [7, 11) is 2.96. The number of imidazole rings is 1. The second-order valence-electron chi connectivity index (χ2n) is 7.45. The highest BCUT2D eigenvalue weighted by Crippen LogP contribution is 2.23. The van der Waals surface area contributed by atoms with Crippen LogP contribution in [0.25, 0.3) is 11.2 Å². The molecule has 11 heteroatoms. The Morgan fingerprint density at radius 3 is 2.48 bits per heavy atom. The number of methoxy groups -OCH3 is 1. The molecule has 0 atom stereocenters. The molecule has 1 aliphatic heterocycles. The molecule has 10 nitrogen and oxygen atoms in total. The van der Waals surface area contributed by atoms with E-state index < -0.39 is 11.2 Å². The Labute approximate surface area is 182 Å². The molecule has 164 valence electrons. The molecule has 3 heterocycles. The van der Waals surface area contributed by atoms with Crippen LogP contribution in [-0.4, -0.2) is 69.8 Å². The smallest absolute Gasteiger partial charge is 0.329 e. The maximum absolute atomic E-state index is 12.7. The first kappa shape index (κ1) is 21.1. The van der Waals surface area contributed by atoms with Gasteiger partial charge in [0, 0.05) is 38.2 Å². The number of hydrogen-bond donors (Lipinski definition) is 1. The summed E-state index contributed by atoms with van der Waals surface area (Å²) in [5.41, 5.74) is 0.625. The summed E-state index contributed by atoms with van der Waals surface area (Å²) >= 11 is 6.01. The summed E-state index contributed by atoms with van der Waals surface area (Å²) in [6.45, 7) is 3.16. The van der Waals surface area contributed by atoms with Crippen LogP contribution in [0, 0.1) is 0 Å². The minimum Gasteiger partial charge on any atom is -0.468 e. The van der Waals surface area contributed by atoms with Crippen LogP contribution in [0.4, 0.5) is 5.95 Å². The number of nitrogens with zero attached hydrogens (tertiary/aromatic N) is 5. The Bertz CT molecular complexity index is 1220. The zero-order valence-corrected chi connectivity index (χ0v) is 18.1. The Morgan fingerprint density at radius 2 is 1.84 bits per heavy atom. The van der Waals surface area contributed by atoms with E-state index in [4.69, 9.17) is 16.3 Å². The van der Waals surface area contributed by atoms with Gasteiger partial charge in [0.25, 0.3) is 5.56 Å². The molecule has 4 rings (SSSR count). The lowest BCUT2D eigenvalue weighted by Gasteiger charge is -2.34. The standard InChI is InChI=1S/C20H23ClN6O4/c1-24-17-16(18(29)23-20(24)30)27(11-13-3-5-14(21)6-4-13)19(22-17)26-9-7-25(8-10-26)12-15(28)31-2/h3-6H,7-12H2,1-2H3,(H,23,29,30). The third-order valence-electron chi connectivity index (χ3n) is 5.48. The number of ether oxygens (including phenoxy) is 1. The number of anilines is 1. The van der Waals surface area contributed by atoms with E-state index in [0.29, 0.717) is 54.9 Å². The van der Waals surface area contributed by atoms with Gasteiger partial charge in [0.05, 0.1) is 20.2 Å². The average molecular weight is 447 g/mol. The van der Waals surface area contributed by atoms with Crippen molar-refractivity contribution < 1.29 is 9.53 Å². The molecule has 2 aromatic heterocycles. The van der Waals surface area contributed by atoms with E-state index in [1.54, 1.807) is 19.2 Å². The summed E-state index contributed by atoms with van der Waals surface area (Å²) in [6, 6.07) is 7.37. The van der Waals surface area contributed by atoms with Gasteiger partial charge in [-0.15, -0.1) is 0 Å². The number of rotatable bonds is 5. The van der Waals surface area contributed by atoms with Crippen molar-refractivity contribution >= 4 is 34.7 Å². The van der Waals surface area contributed by atoms with Crippen LogP contribution < -0.4 is 16.1 Å². The normalized spacial score (nSPS) is 14.9. The van der Waals surface area contributed by atoms with Crippen LogP contribution >= 0.6 is 11.6 Å². The Balaban J connectivity index is 1.72. The zero-order chi connectivity index (χ0) is 22.1. The third kappa shape index (κ3) is 4.21. The van der Waals surface area contributed by atoms with E-state index in [9.17, 15) is 14.4 Å². The molecule has 0 amide bonds. The van der Waals surface area contributed by atoms with E-state index in [1.165, 1.54) is 11.7 Å². The number of benzene rings is 1. The summed E-state index contributed by atoms with van der Waals surface area (Å²) in [5, 5.41) is 0.626. The van der Waals surface area contributed by atoms with E-state index in [-0.39, 0.29) is 12.5 Å². The Kier molecular flexibility index (Phi) is 5.84. The first-order valence-corrected chi connectivity index (χ1v) is 10.2. The highest BCUT2D eigenvalue weighted by Gasteiger charge is 2.25. The van der Waals surface area contributed by atoms with Crippen LogP contribution in [0.2, 0.25) is 5.02 Å². The number of aromatic amines is 1. The number of esters is 1. The maximum atomic E-state index is 12.7. The van der Waals surface area contributed by atoms with Gasteiger partial charge in [-0.2, -0.15) is 4.98 Å². The van der Waals surface area contributed by atoms with E-state index in [1.807, 2.05) is 21.6 Å². The topological polar surface area (TPSA) is 105 Å². The van der Waals surface area contributed by atoms with E-state index >= 15 is 0 Å². The second-order valence-corrected chi connectivity index (χ2v) is 7.89. The quantitative estimate of drug-likeness (QED) is 0.566. The monoisotopic (exact) mass is 446 g/mol. The highest BCUT2D eigenvalue weighted by molar-refractivity contribution is 6.30. The second kappa shape index (κ2) is 8.56. The maximum Gasteiger partial charge on any atom is 0.329 e. The van der Waals surface area contributed by atoms with Crippen molar-refractivity contribution in [3.05, 3.63) is 55.7 Å². The molecule has 1 N–H and O–H groups in total. The van der Waals surface area contributed by atoms with Crippen molar-refractivity contribution in [1.29, 1.82) is 0 Å². The molecule has 1 saturated heterocycles. The van der Waals surface area contributed by atoms with Crippen molar-refractivity contribution in [2.75, 3.05) is 44.7 Å². The summed E-state index contributed by atoms with van der Waals surface area (Å²) in [4.78, 5) is 47.5. The van der Waals surface area contributed by atoms with Crippen molar-refractivity contribution in [2.45, 2.75) is 6.54 Å². The molecule has 0 aliphatic carbocycles. The lowest BCUT2D eigenvalue weighted by Crippen LogP contribution is -2.48. The van der Waals surface area contributed by atoms with Crippen LogP contribution in [0.3, 0.4) is 0 Å². The Hall–Kier alpha value is -3.11. The molecule has 31 heavy (non-hydrogen) atoms.